The van der Waals surface area contributed by atoms with E-state index in [4.69, 9.17) is 0 Å². The second-order valence-corrected chi connectivity index (χ2v) is 4.50. The number of nitrogens with zero attached hydrogens (tertiary/aromatic N) is 2. The normalized spacial score (nSPS) is 23.1. The van der Waals surface area contributed by atoms with Crippen molar-refractivity contribution in [3.8, 4) is 0 Å². The quantitative estimate of drug-likeness (QED) is 0.746. The van der Waals surface area contributed by atoms with Crippen LogP contribution in [-0.2, 0) is 6.42 Å². The van der Waals surface area contributed by atoms with E-state index < -0.39 is 0 Å². The lowest BCUT2D eigenvalue weighted by Crippen LogP contribution is -2.43. The lowest BCUT2D eigenvalue weighted by molar-refractivity contribution is 0.341. The summed E-state index contributed by atoms with van der Waals surface area (Å²) in [6, 6.07) is 0. The number of aromatic nitrogens is 3. The molecule has 14 heavy (non-hydrogen) atoms. The van der Waals surface area contributed by atoms with E-state index in [0.29, 0.717) is 5.92 Å². The second-order valence-electron chi connectivity index (χ2n) is 4.50. The van der Waals surface area contributed by atoms with Crippen LogP contribution < -0.4 is 5.32 Å². The third-order valence-corrected chi connectivity index (χ3v) is 3.37. The highest BCUT2D eigenvalue weighted by Gasteiger charge is 2.24. The van der Waals surface area contributed by atoms with Crippen LogP contribution in [0.2, 0.25) is 0 Å². The number of aromatic amines is 1. The van der Waals surface area contributed by atoms with Crippen LogP contribution in [0.15, 0.2) is 0 Å². The first-order valence-electron chi connectivity index (χ1n) is 5.54. The molecule has 1 aromatic heterocycles. The summed E-state index contributed by atoms with van der Waals surface area (Å²) >= 11 is 0. The molecule has 0 amide bonds. The number of hydrogen-bond acceptors (Lipinski definition) is 3. The molecule has 4 nitrogen and oxygen atoms in total. The van der Waals surface area contributed by atoms with E-state index in [1.807, 2.05) is 0 Å². The molecule has 4 heteroatoms. The maximum atomic E-state index is 4.56. The second kappa shape index (κ2) is 3.35. The lowest BCUT2D eigenvalue weighted by Gasteiger charge is -2.25. The average Bonchev–Trinajstić information content (AvgIpc) is 2.42. The Morgan fingerprint density at radius 2 is 2.14 bits per heavy atom. The number of H-pyrrole nitrogens is 1. The van der Waals surface area contributed by atoms with E-state index in [-0.39, 0.29) is 0 Å². The van der Waals surface area contributed by atoms with Gasteiger partial charge in [0.15, 0.2) is 5.82 Å². The summed E-state index contributed by atoms with van der Waals surface area (Å²) in [6.45, 7) is 2.28. The van der Waals surface area contributed by atoms with Crippen LogP contribution in [0.4, 0.5) is 0 Å². The molecule has 1 aliphatic carbocycles. The zero-order chi connectivity index (χ0) is 9.38. The summed E-state index contributed by atoms with van der Waals surface area (Å²) < 4.78 is 0. The van der Waals surface area contributed by atoms with E-state index in [1.165, 1.54) is 19.3 Å². The first kappa shape index (κ1) is 8.41. The van der Waals surface area contributed by atoms with E-state index in [1.54, 1.807) is 0 Å². The van der Waals surface area contributed by atoms with Gasteiger partial charge in [0.1, 0.15) is 5.82 Å². The van der Waals surface area contributed by atoms with E-state index in [0.717, 1.165) is 37.1 Å². The topological polar surface area (TPSA) is 53.6 Å². The van der Waals surface area contributed by atoms with Crippen molar-refractivity contribution < 1.29 is 0 Å². The van der Waals surface area contributed by atoms with Crippen LogP contribution in [-0.4, -0.2) is 28.3 Å². The lowest BCUT2D eigenvalue weighted by atomic mass is 9.85. The zero-order valence-electron chi connectivity index (χ0n) is 8.29. The summed E-state index contributed by atoms with van der Waals surface area (Å²) in [7, 11) is 0. The van der Waals surface area contributed by atoms with Crippen LogP contribution in [0.25, 0.3) is 0 Å². The van der Waals surface area contributed by atoms with E-state index >= 15 is 0 Å². The van der Waals surface area contributed by atoms with Crippen LogP contribution >= 0.6 is 0 Å². The minimum Gasteiger partial charge on any atom is -0.316 e. The van der Waals surface area contributed by atoms with Crippen molar-refractivity contribution in [3.63, 3.8) is 0 Å². The van der Waals surface area contributed by atoms with Crippen molar-refractivity contribution in [2.45, 2.75) is 31.6 Å². The largest absolute Gasteiger partial charge is 0.316 e. The smallest absolute Gasteiger partial charge is 0.153 e. The Hall–Kier alpha value is -0.900. The molecule has 0 bridgehead atoms. The monoisotopic (exact) mass is 192 g/mol. The fraction of sp³-hybridized carbons (Fsp3) is 0.800. The summed E-state index contributed by atoms with van der Waals surface area (Å²) in [5, 5.41) is 10.6. The molecular formula is C10H16N4. The van der Waals surface area contributed by atoms with Crippen molar-refractivity contribution in [1.29, 1.82) is 0 Å². The van der Waals surface area contributed by atoms with Gasteiger partial charge >= 0.3 is 0 Å². The fourth-order valence-corrected chi connectivity index (χ4v) is 2.02. The highest BCUT2D eigenvalue weighted by Crippen LogP contribution is 2.34. The highest BCUT2D eigenvalue weighted by molar-refractivity contribution is 5.02. The molecule has 2 N–H and O–H groups in total. The summed E-state index contributed by atoms with van der Waals surface area (Å²) in [6.07, 6.45) is 4.97. The Morgan fingerprint density at radius 3 is 2.71 bits per heavy atom. The van der Waals surface area contributed by atoms with Gasteiger partial charge in [-0.05, 0) is 31.8 Å². The molecule has 0 aromatic carbocycles. The van der Waals surface area contributed by atoms with Gasteiger partial charge in [-0.3, -0.25) is 5.10 Å². The van der Waals surface area contributed by atoms with E-state index in [2.05, 4.69) is 20.5 Å². The van der Waals surface area contributed by atoms with Gasteiger partial charge in [0, 0.05) is 12.3 Å². The van der Waals surface area contributed by atoms with Crippen molar-refractivity contribution >= 4 is 0 Å². The van der Waals surface area contributed by atoms with Gasteiger partial charge in [-0.25, -0.2) is 4.98 Å². The molecule has 0 unspecified atom stereocenters. The highest BCUT2D eigenvalue weighted by atomic mass is 15.2. The van der Waals surface area contributed by atoms with Gasteiger partial charge in [-0.15, -0.1) is 0 Å². The van der Waals surface area contributed by atoms with Crippen molar-refractivity contribution in [3.05, 3.63) is 11.6 Å². The first-order chi connectivity index (χ1) is 6.92. The Labute approximate surface area is 83.5 Å². The zero-order valence-corrected chi connectivity index (χ0v) is 8.29. The maximum absolute atomic E-state index is 4.56. The summed E-state index contributed by atoms with van der Waals surface area (Å²) in [5.74, 6) is 3.56. The molecule has 1 aromatic rings. The standard InChI is InChI=1S/C10H16N4/c1-2-8(3-1)10-12-9(13-14-10)4-7-5-11-6-7/h7-8,11H,1-6H2,(H,12,13,14). The number of rotatable bonds is 3. The minimum atomic E-state index is 0.652. The van der Waals surface area contributed by atoms with Crippen LogP contribution in [0.3, 0.4) is 0 Å². The molecule has 2 heterocycles. The number of nitrogens with one attached hydrogen (secondary N) is 2. The molecule has 1 saturated heterocycles. The Balaban J connectivity index is 1.63. The third kappa shape index (κ3) is 1.43. The minimum absolute atomic E-state index is 0.652. The van der Waals surface area contributed by atoms with Crippen molar-refractivity contribution in [1.82, 2.24) is 20.5 Å². The van der Waals surface area contributed by atoms with Gasteiger partial charge in [-0.2, -0.15) is 5.10 Å². The van der Waals surface area contributed by atoms with Crippen LogP contribution in [0, 0.1) is 5.92 Å². The molecule has 2 fully saturated rings. The maximum Gasteiger partial charge on any atom is 0.153 e. The van der Waals surface area contributed by atoms with Gasteiger partial charge < -0.3 is 5.32 Å². The summed E-state index contributed by atoms with van der Waals surface area (Å²) in [5.41, 5.74) is 0. The predicted molar refractivity (Wildman–Crippen MR) is 53.0 cm³/mol. The first-order valence-corrected chi connectivity index (χ1v) is 5.54. The van der Waals surface area contributed by atoms with Gasteiger partial charge in [0.2, 0.25) is 0 Å². The Bertz CT molecular complexity index is 312. The van der Waals surface area contributed by atoms with Gasteiger partial charge in [0.05, 0.1) is 0 Å². The molecule has 0 atom stereocenters. The molecule has 76 valence electrons. The van der Waals surface area contributed by atoms with Crippen molar-refractivity contribution in [2.24, 2.45) is 5.92 Å². The molecule has 1 aliphatic heterocycles. The molecule has 0 radical (unpaired) electrons. The molecule has 0 spiro atoms. The van der Waals surface area contributed by atoms with Crippen LogP contribution in [0.1, 0.15) is 36.8 Å². The third-order valence-electron chi connectivity index (χ3n) is 3.37. The summed E-state index contributed by atoms with van der Waals surface area (Å²) in [4.78, 5) is 4.56. The molecule has 3 rings (SSSR count). The van der Waals surface area contributed by atoms with E-state index in [9.17, 15) is 0 Å². The fourth-order valence-electron chi connectivity index (χ4n) is 2.02. The number of hydrogen-bond donors (Lipinski definition) is 2. The average molecular weight is 192 g/mol. The Morgan fingerprint density at radius 1 is 1.29 bits per heavy atom. The molecule has 2 aliphatic rings. The molecule has 1 saturated carbocycles. The van der Waals surface area contributed by atoms with Crippen LogP contribution in [0.5, 0.6) is 0 Å². The SMILES string of the molecule is C1CC(c2n[nH]c(CC3CNC3)n2)C1. The Kier molecular flexibility index (Phi) is 2.01. The van der Waals surface area contributed by atoms with Crippen molar-refractivity contribution in [2.75, 3.05) is 13.1 Å². The van der Waals surface area contributed by atoms with Gasteiger partial charge in [-0.1, -0.05) is 6.42 Å². The molecular weight excluding hydrogens is 176 g/mol. The van der Waals surface area contributed by atoms with Gasteiger partial charge in [0.25, 0.3) is 0 Å². The predicted octanol–water partition coefficient (Wildman–Crippen LogP) is 0.834.